The number of carbonyl (C=O) groups is 1. The topological polar surface area (TPSA) is 50.8 Å². The molecule has 1 saturated heterocycles. The first-order valence-electron chi connectivity index (χ1n) is 9.43. The van der Waals surface area contributed by atoms with Crippen molar-refractivity contribution >= 4 is 5.91 Å². The third-order valence-electron chi connectivity index (χ3n) is 4.76. The molecule has 0 aliphatic carbocycles. The maximum absolute atomic E-state index is 12.0. The number of aryl methyl sites for hydroxylation is 1. The number of methoxy groups -OCH3 is 2. The molecule has 0 spiro atoms. The Kier molecular flexibility index (Phi) is 8.60. The van der Waals surface area contributed by atoms with Crippen LogP contribution >= 0.6 is 0 Å². The lowest BCUT2D eigenvalue weighted by Gasteiger charge is -2.19. The first-order chi connectivity index (χ1) is 12.2. The summed E-state index contributed by atoms with van der Waals surface area (Å²) < 4.78 is 10.5. The Morgan fingerprint density at radius 3 is 2.48 bits per heavy atom. The van der Waals surface area contributed by atoms with E-state index < -0.39 is 0 Å². The van der Waals surface area contributed by atoms with Crippen LogP contribution in [0.15, 0.2) is 18.2 Å². The highest BCUT2D eigenvalue weighted by Gasteiger charge is 2.09. The summed E-state index contributed by atoms with van der Waals surface area (Å²) in [6, 6.07) is 5.80. The summed E-state index contributed by atoms with van der Waals surface area (Å²) in [6.45, 7) is 4.29. The predicted molar refractivity (Wildman–Crippen MR) is 100 cm³/mol. The van der Waals surface area contributed by atoms with Crippen molar-refractivity contribution in [3.8, 4) is 11.5 Å². The molecule has 0 aromatic heterocycles. The zero-order valence-electron chi connectivity index (χ0n) is 15.7. The van der Waals surface area contributed by atoms with Crippen molar-refractivity contribution in [3.05, 3.63) is 23.8 Å². The van der Waals surface area contributed by atoms with Crippen LogP contribution in [0.1, 0.15) is 44.1 Å². The van der Waals surface area contributed by atoms with E-state index in [1.165, 1.54) is 38.8 Å². The van der Waals surface area contributed by atoms with Gasteiger partial charge in [-0.2, -0.15) is 0 Å². The molecule has 1 aromatic rings. The van der Waals surface area contributed by atoms with Crippen LogP contribution < -0.4 is 14.8 Å². The minimum Gasteiger partial charge on any atom is -0.493 e. The van der Waals surface area contributed by atoms with Gasteiger partial charge in [-0.15, -0.1) is 0 Å². The molecule has 0 bridgehead atoms. The van der Waals surface area contributed by atoms with E-state index in [9.17, 15) is 4.79 Å². The monoisotopic (exact) mass is 348 g/mol. The summed E-state index contributed by atoms with van der Waals surface area (Å²) in [5.41, 5.74) is 1.08. The SMILES string of the molecule is COc1ccc(CCC(=O)NCCCN2CCCCCC2)cc1OC. The minimum absolute atomic E-state index is 0.116. The Hall–Kier alpha value is -1.75. The number of amides is 1. The zero-order valence-corrected chi connectivity index (χ0v) is 15.7. The quantitative estimate of drug-likeness (QED) is 0.697. The third kappa shape index (κ3) is 6.94. The van der Waals surface area contributed by atoms with Gasteiger partial charge in [0.05, 0.1) is 14.2 Å². The molecule has 1 aromatic carbocycles. The molecule has 25 heavy (non-hydrogen) atoms. The van der Waals surface area contributed by atoms with E-state index in [2.05, 4.69) is 10.2 Å². The summed E-state index contributed by atoms with van der Waals surface area (Å²) in [5, 5.41) is 3.04. The predicted octanol–water partition coefficient (Wildman–Crippen LogP) is 3.02. The van der Waals surface area contributed by atoms with Crippen LogP contribution in [0.4, 0.5) is 0 Å². The van der Waals surface area contributed by atoms with Gasteiger partial charge in [0.1, 0.15) is 0 Å². The van der Waals surface area contributed by atoms with E-state index in [-0.39, 0.29) is 5.91 Å². The molecule has 0 atom stereocenters. The van der Waals surface area contributed by atoms with Crippen molar-refractivity contribution < 1.29 is 14.3 Å². The van der Waals surface area contributed by atoms with Crippen molar-refractivity contribution in [3.63, 3.8) is 0 Å². The Bertz CT molecular complexity index is 526. The third-order valence-corrected chi connectivity index (χ3v) is 4.76. The first-order valence-corrected chi connectivity index (χ1v) is 9.43. The molecule has 5 nitrogen and oxygen atoms in total. The maximum Gasteiger partial charge on any atom is 0.220 e. The lowest BCUT2D eigenvalue weighted by Crippen LogP contribution is -2.30. The molecule has 140 valence electrons. The molecule has 1 amide bonds. The fourth-order valence-electron chi connectivity index (χ4n) is 3.27. The molecule has 5 heteroatoms. The van der Waals surface area contributed by atoms with E-state index in [4.69, 9.17) is 9.47 Å². The standard InChI is InChI=1S/C20H32N2O3/c1-24-18-10-8-17(16-19(18)25-2)9-11-20(23)21-12-7-15-22-13-5-3-4-6-14-22/h8,10,16H,3-7,9,11-15H2,1-2H3,(H,21,23). The first kappa shape index (κ1) is 19.6. The van der Waals surface area contributed by atoms with Gasteiger partial charge in [0.2, 0.25) is 5.91 Å². The molecular weight excluding hydrogens is 316 g/mol. The van der Waals surface area contributed by atoms with Crippen LogP contribution in [0, 0.1) is 0 Å². The highest BCUT2D eigenvalue weighted by atomic mass is 16.5. The fourth-order valence-corrected chi connectivity index (χ4v) is 3.27. The van der Waals surface area contributed by atoms with Crippen molar-refractivity contribution in [1.29, 1.82) is 0 Å². The summed E-state index contributed by atoms with van der Waals surface area (Å²) in [7, 11) is 3.25. The van der Waals surface area contributed by atoms with Gasteiger partial charge in [0, 0.05) is 13.0 Å². The number of nitrogens with zero attached hydrogens (tertiary/aromatic N) is 1. The van der Waals surface area contributed by atoms with Crippen molar-refractivity contribution in [2.45, 2.75) is 44.9 Å². The van der Waals surface area contributed by atoms with E-state index >= 15 is 0 Å². The smallest absolute Gasteiger partial charge is 0.220 e. The van der Waals surface area contributed by atoms with E-state index in [1.54, 1.807) is 14.2 Å². The zero-order chi connectivity index (χ0) is 17.9. The Morgan fingerprint density at radius 1 is 1.08 bits per heavy atom. The number of rotatable bonds is 9. The van der Waals surface area contributed by atoms with Gasteiger partial charge in [0.25, 0.3) is 0 Å². The normalized spacial score (nSPS) is 15.4. The molecule has 1 aliphatic heterocycles. The number of nitrogens with one attached hydrogen (secondary N) is 1. The van der Waals surface area contributed by atoms with Crippen LogP contribution in [-0.4, -0.2) is 51.2 Å². The van der Waals surface area contributed by atoms with E-state index in [0.29, 0.717) is 24.3 Å². The Morgan fingerprint density at radius 2 is 1.80 bits per heavy atom. The van der Waals surface area contributed by atoms with E-state index in [0.717, 1.165) is 25.1 Å². The molecule has 1 N–H and O–H groups in total. The number of likely N-dealkylation sites (tertiary alicyclic amines) is 1. The van der Waals surface area contributed by atoms with Gasteiger partial charge in [0.15, 0.2) is 11.5 Å². The largest absolute Gasteiger partial charge is 0.493 e. The van der Waals surface area contributed by atoms with Crippen LogP contribution in [0.3, 0.4) is 0 Å². The van der Waals surface area contributed by atoms with Crippen molar-refractivity contribution in [1.82, 2.24) is 10.2 Å². The van der Waals surface area contributed by atoms with E-state index in [1.807, 2.05) is 18.2 Å². The summed E-state index contributed by atoms with van der Waals surface area (Å²) in [6.07, 6.45) is 7.60. The number of ether oxygens (including phenoxy) is 2. The van der Waals surface area contributed by atoms with Crippen molar-refractivity contribution in [2.75, 3.05) is 40.4 Å². The molecule has 1 aliphatic rings. The summed E-state index contributed by atoms with van der Waals surface area (Å²) in [4.78, 5) is 14.5. The minimum atomic E-state index is 0.116. The van der Waals surface area contributed by atoms with Gasteiger partial charge in [-0.1, -0.05) is 18.9 Å². The average molecular weight is 348 g/mol. The van der Waals surface area contributed by atoms with Crippen LogP contribution in [0.5, 0.6) is 11.5 Å². The molecule has 0 unspecified atom stereocenters. The van der Waals surface area contributed by atoms with Crippen LogP contribution in [0.25, 0.3) is 0 Å². The van der Waals surface area contributed by atoms with Gasteiger partial charge in [-0.05, 0) is 63.0 Å². The van der Waals surface area contributed by atoms with Crippen LogP contribution in [0.2, 0.25) is 0 Å². The molecule has 2 rings (SSSR count). The average Bonchev–Trinajstić information content (AvgIpc) is 2.92. The second kappa shape index (κ2) is 11.0. The number of carbonyl (C=O) groups excluding carboxylic acids is 1. The van der Waals surface area contributed by atoms with Crippen molar-refractivity contribution in [2.24, 2.45) is 0 Å². The molecular formula is C20H32N2O3. The molecule has 1 fully saturated rings. The maximum atomic E-state index is 12.0. The Labute approximate surface area is 151 Å². The van der Waals surface area contributed by atoms with Gasteiger partial charge >= 0.3 is 0 Å². The number of benzene rings is 1. The highest BCUT2D eigenvalue weighted by Crippen LogP contribution is 2.27. The fraction of sp³-hybridized carbons (Fsp3) is 0.650. The summed E-state index contributed by atoms with van der Waals surface area (Å²) in [5.74, 6) is 1.53. The second-order valence-corrected chi connectivity index (χ2v) is 6.65. The van der Waals surface area contributed by atoms with Gasteiger partial charge in [-0.25, -0.2) is 0 Å². The highest BCUT2D eigenvalue weighted by molar-refractivity contribution is 5.76. The lowest BCUT2D eigenvalue weighted by molar-refractivity contribution is -0.121. The van der Waals surface area contributed by atoms with Gasteiger partial charge < -0.3 is 19.7 Å². The lowest BCUT2D eigenvalue weighted by atomic mass is 10.1. The number of hydrogen-bond donors (Lipinski definition) is 1. The molecule has 1 heterocycles. The van der Waals surface area contributed by atoms with Crippen LogP contribution in [-0.2, 0) is 11.2 Å². The Balaban J connectivity index is 1.63. The number of hydrogen-bond acceptors (Lipinski definition) is 4. The second-order valence-electron chi connectivity index (χ2n) is 6.65. The van der Waals surface area contributed by atoms with Gasteiger partial charge in [-0.3, -0.25) is 4.79 Å². The summed E-state index contributed by atoms with van der Waals surface area (Å²) >= 11 is 0. The molecule has 0 radical (unpaired) electrons. The molecule has 0 saturated carbocycles.